The first-order valence-corrected chi connectivity index (χ1v) is 10.6. The first-order valence-electron chi connectivity index (χ1n) is 9.68. The van der Waals surface area contributed by atoms with Gasteiger partial charge < -0.3 is 16.0 Å². The van der Waals surface area contributed by atoms with Gasteiger partial charge >= 0.3 is 0 Å². The van der Waals surface area contributed by atoms with Gasteiger partial charge in [-0.05, 0) is 60.2 Å². The molecular formula is C23H21N3O3S. The molecule has 0 radical (unpaired) electrons. The van der Waals surface area contributed by atoms with Crippen molar-refractivity contribution in [2.75, 3.05) is 10.6 Å². The average Bonchev–Trinajstić information content (AvgIpc) is 3.28. The third-order valence-electron chi connectivity index (χ3n) is 5.00. The van der Waals surface area contributed by atoms with E-state index in [0.717, 1.165) is 16.8 Å². The van der Waals surface area contributed by atoms with Crippen molar-refractivity contribution < 1.29 is 14.4 Å². The second kappa shape index (κ2) is 8.51. The Balaban J connectivity index is 1.43. The Labute approximate surface area is 178 Å². The molecule has 3 N–H and O–H groups in total. The maximum Gasteiger partial charge on any atom is 0.265 e. The van der Waals surface area contributed by atoms with Gasteiger partial charge in [0.05, 0.1) is 10.9 Å². The molecule has 0 saturated carbocycles. The number of nitrogens with one attached hydrogen (secondary N) is 3. The summed E-state index contributed by atoms with van der Waals surface area (Å²) in [6, 6.07) is 16.1. The number of anilines is 2. The van der Waals surface area contributed by atoms with Crippen LogP contribution in [-0.2, 0) is 11.2 Å². The molecule has 1 aliphatic heterocycles. The predicted octanol–water partition coefficient (Wildman–Crippen LogP) is 4.38. The van der Waals surface area contributed by atoms with Crippen molar-refractivity contribution in [1.29, 1.82) is 0 Å². The maximum absolute atomic E-state index is 12.7. The van der Waals surface area contributed by atoms with Crippen LogP contribution in [0.1, 0.15) is 50.5 Å². The quantitative estimate of drug-likeness (QED) is 0.574. The maximum atomic E-state index is 12.7. The van der Waals surface area contributed by atoms with E-state index in [4.69, 9.17) is 0 Å². The molecule has 1 aromatic heterocycles. The molecule has 1 unspecified atom stereocenters. The molecule has 0 bridgehead atoms. The molecule has 2 heterocycles. The van der Waals surface area contributed by atoms with Gasteiger partial charge in [0, 0.05) is 23.4 Å². The van der Waals surface area contributed by atoms with E-state index in [1.165, 1.54) is 11.3 Å². The zero-order chi connectivity index (χ0) is 21.1. The van der Waals surface area contributed by atoms with Crippen LogP contribution in [0.4, 0.5) is 11.4 Å². The Hall–Kier alpha value is -3.45. The summed E-state index contributed by atoms with van der Waals surface area (Å²) in [4.78, 5) is 37.1. The van der Waals surface area contributed by atoms with Gasteiger partial charge in [-0.25, -0.2) is 0 Å². The molecule has 1 atom stereocenters. The number of thiophene rings is 1. The van der Waals surface area contributed by atoms with Crippen LogP contribution in [0.15, 0.2) is 60.0 Å². The van der Waals surface area contributed by atoms with Crippen LogP contribution in [0.3, 0.4) is 0 Å². The molecule has 3 amide bonds. The Morgan fingerprint density at radius 1 is 1.03 bits per heavy atom. The van der Waals surface area contributed by atoms with Crippen LogP contribution >= 0.6 is 11.3 Å². The standard InChI is InChI=1S/C23H21N3O3S/c1-14(15-7-9-19-16(12-15)8-10-21(27)26-19)24-22(28)17-4-2-5-18(13-17)25-23(29)20-6-3-11-30-20/h2-7,9,11-14H,8,10H2,1H3,(H,24,28)(H,25,29)(H,26,27). The third kappa shape index (κ3) is 4.41. The van der Waals surface area contributed by atoms with Crippen molar-refractivity contribution in [3.63, 3.8) is 0 Å². The highest BCUT2D eigenvalue weighted by Crippen LogP contribution is 2.26. The number of hydrogen-bond donors (Lipinski definition) is 3. The fourth-order valence-electron chi connectivity index (χ4n) is 3.37. The lowest BCUT2D eigenvalue weighted by Gasteiger charge is -2.20. The first-order chi connectivity index (χ1) is 14.5. The number of amides is 3. The van der Waals surface area contributed by atoms with Crippen LogP contribution < -0.4 is 16.0 Å². The van der Waals surface area contributed by atoms with Crippen molar-refractivity contribution in [2.45, 2.75) is 25.8 Å². The summed E-state index contributed by atoms with van der Waals surface area (Å²) in [5.74, 6) is -0.388. The highest BCUT2D eigenvalue weighted by atomic mass is 32.1. The van der Waals surface area contributed by atoms with Crippen LogP contribution in [0.2, 0.25) is 0 Å². The smallest absolute Gasteiger partial charge is 0.265 e. The van der Waals surface area contributed by atoms with Crippen LogP contribution in [0.25, 0.3) is 0 Å². The van der Waals surface area contributed by atoms with E-state index in [9.17, 15) is 14.4 Å². The summed E-state index contributed by atoms with van der Waals surface area (Å²) < 4.78 is 0. The summed E-state index contributed by atoms with van der Waals surface area (Å²) in [5, 5.41) is 10.5. The third-order valence-corrected chi connectivity index (χ3v) is 5.87. The minimum atomic E-state index is -0.222. The van der Waals surface area contributed by atoms with Gasteiger partial charge in [0.2, 0.25) is 5.91 Å². The van der Waals surface area contributed by atoms with E-state index in [1.54, 1.807) is 30.3 Å². The molecule has 152 valence electrons. The molecule has 3 aromatic rings. The Kier molecular flexibility index (Phi) is 5.63. The zero-order valence-electron chi connectivity index (χ0n) is 16.4. The van der Waals surface area contributed by atoms with Crippen molar-refractivity contribution in [3.8, 4) is 0 Å². The molecule has 7 heteroatoms. The Morgan fingerprint density at radius 2 is 1.90 bits per heavy atom. The molecule has 4 rings (SSSR count). The number of benzene rings is 2. The normalized spacial score (nSPS) is 13.7. The van der Waals surface area contributed by atoms with Gasteiger partial charge in [-0.1, -0.05) is 24.3 Å². The molecule has 2 aromatic carbocycles. The number of rotatable bonds is 5. The van der Waals surface area contributed by atoms with E-state index in [2.05, 4.69) is 16.0 Å². The highest BCUT2D eigenvalue weighted by molar-refractivity contribution is 7.12. The molecule has 0 aliphatic carbocycles. The van der Waals surface area contributed by atoms with Gasteiger partial charge in [0.15, 0.2) is 0 Å². The van der Waals surface area contributed by atoms with E-state index in [1.807, 2.05) is 36.6 Å². The summed E-state index contributed by atoms with van der Waals surface area (Å²) in [7, 11) is 0. The number of fused-ring (bicyclic) bond motifs is 1. The summed E-state index contributed by atoms with van der Waals surface area (Å²) in [5.41, 5.74) is 3.92. The first kappa shape index (κ1) is 19.8. The topological polar surface area (TPSA) is 87.3 Å². The summed E-state index contributed by atoms with van der Waals surface area (Å²) >= 11 is 1.36. The van der Waals surface area contributed by atoms with Gasteiger partial charge in [0.1, 0.15) is 0 Å². The van der Waals surface area contributed by atoms with Crippen molar-refractivity contribution in [3.05, 3.63) is 81.5 Å². The molecule has 0 spiro atoms. The van der Waals surface area contributed by atoms with E-state index >= 15 is 0 Å². The molecule has 30 heavy (non-hydrogen) atoms. The van der Waals surface area contributed by atoms with E-state index in [0.29, 0.717) is 29.0 Å². The lowest BCUT2D eigenvalue weighted by atomic mass is 9.97. The van der Waals surface area contributed by atoms with Gasteiger partial charge in [-0.2, -0.15) is 0 Å². The number of carbonyl (C=O) groups is 3. The second-order valence-corrected chi connectivity index (χ2v) is 8.12. The van der Waals surface area contributed by atoms with Crippen LogP contribution in [0.5, 0.6) is 0 Å². The number of carbonyl (C=O) groups excluding carboxylic acids is 3. The molecule has 1 aliphatic rings. The largest absolute Gasteiger partial charge is 0.346 e. The number of hydrogen-bond acceptors (Lipinski definition) is 4. The lowest BCUT2D eigenvalue weighted by molar-refractivity contribution is -0.116. The molecular weight excluding hydrogens is 398 g/mol. The monoisotopic (exact) mass is 419 g/mol. The van der Waals surface area contributed by atoms with Gasteiger partial charge in [-0.3, -0.25) is 14.4 Å². The fraction of sp³-hybridized carbons (Fsp3) is 0.174. The van der Waals surface area contributed by atoms with Crippen molar-refractivity contribution in [2.24, 2.45) is 0 Å². The van der Waals surface area contributed by atoms with Gasteiger partial charge in [-0.15, -0.1) is 11.3 Å². The SMILES string of the molecule is CC(NC(=O)c1cccc(NC(=O)c2cccs2)c1)c1ccc2c(c1)CCC(=O)N2. The fourth-order valence-corrected chi connectivity index (χ4v) is 3.99. The molecule has 0 saturated heterocycles. The summed E-state index contributed by atoms with van der Waals surface area (Å²) in [6.07, 6.45) is 1.17. The lowest BCUT2D eigenvalue weighted by Crippen LogP contribution is -2.27. The summed E-state index contributed by atoms with van der Waals surface area (Å²) in [6.45, 7) is 1.92. The average molecular weight is 420 g/mol. The minimum Gasteiger partial charge on any atom is -0.346 e. The highest BCUT2D eigenvalue weighted by Gasteiger charge is 2.18. The van der Waals surface area contributed by atoms with Crippen LogP contribution in [0, 0.1) is 0 Å². The molecule has 6 nitrogen and oxygen atoms in total. The Bertz CT molecular complexity index is 1110. The van der Waals surface area contributed by atoms with Crippen molar-refractivity contribution >= 4 is 40.4 Å². The van der Waals surface area contributed by atoms with Crippen molar-refractivity contribution in [1.82, 2.24) is 5.32 Å². The Morgan fingerprint density at radius 3 is 2.70 bits per heavy atom. The van der Waals surface area contributed by atoms with Crippen LogP contribution in [-0.4, -0.2) is 17.7 Å². The predicted molar refractivity (Wildman–Crippen MR) is 118 cm³/mol. The molecule has 0 fully saturated rings. The van der Waals surface area contributed by atoms with E-state index in [-0.39, 0.29) is 23.8 Å². The van der Waals surface area contributed by atoms with E-state index < -0.39 is 0 Å². The second-order valence-electron chi connectivity index (χ2n) is 7.17. The minimum absolute atomic E-state index is 0.0302. The zero-order valence-corrected chi connectivity index (χ0v) is 17.2. The number of aryl methyl sites for hydroxylation is 1. The van der Waals surface area contributed by atoms with Gasteiger partial charge in [0.25, 0.3) is 11.8 Å².